The lowest BCUT2D eigenvalue weighted by Gasteiger charge is -2.29. The molecule has 11 heteroatoms. The fourth-order valence-corrected chi connectivity index (χ4v) is 4.92. The Morgan fingerprint density at radius 1 is 1.15 bits per heavy atom. The van der Waals surface area contributed by atoms with E-state index in [9.17, 15) is 9.18 Å². The van der Waals surface area contributed by atoms with E-state index in [0.717, 1.165) is 25.7 Å². The second kappa shape index (κ2) is 9.71. The molecule has 0 unspecified atom stereocenters. The number of nitrogens with zero attached hydrogens (tertiary/aromatic N) is 4. The van der Waals surface area contributed by atoms with Gasteiger partial charge < -0.3 is 21.1 Å². The van der Waals surface area contributed by atoms with Crippen molar-refractivity contribution >= 4 is 46.3 Å². The Morgan fingerprint density at radius 3 is 2.65 bits per heavy atom. The quantitative estimate of drug-likeness (QED) is 0.477. The number of nitrogens with one attached hydrogen (secondary N) is 2. The zero-order valence-electron chi connectivity index (χ0n) is 18.6. The molecule has 2 aliphatic rings. The van der Waals surface area contributed by atoms with Crippen LogP contribution in [0.25, 0.3) is 11.2 Å². The predicted molar refractivity (Wildman–Crippen MR) is 128 cm³/mol. The second-order valence-electron chi connectivity index (χ2n) is 8.90. The van der Waals surface area contributed by atoms with Gasteiger partial charge in [-0.2, -0.15) is 4.98 Å². The molecule has 1 saturated heterocycles. The molecule has 5 rings (SSSR count). The lowest BCUT2D eigenvalue weighted by atomic mass is 9.85. The van der Waals surface area contributed by atoms with Crippen LogP contribution < -0.4 is 16.4 Å². The first-order valence-corrected chi connectivity index (χ1v) is 12.0. The molecule has 2 fully saturated rings. The number of aromatic nitrogens is 4. The number of hydrogen-bond acceptors (Lipinski definition) is 7. The molecule has 3 aromatic rings. The van der Waals surface area contributed by atoms with Crippen LogP contribution in [0, 0.1) is 11.7 Å². The highest BCUT2D eigenvalue weighted by Crippen LogP contribution is 2.37. The highest BCUT2D eigenvalue weighted by molar-refractivity contribution is 6.33. The fraction of sp³-hybridized carbons (Fsp3) is 0.478. The van der Waals surface area contributed by atoms with Crippen LogP contribution >= 0.6 is 11.6 Å². The number of benzene rings is 1. The number of amides is 1. The maximum Gasteiger partial charge on any atom is 0.224 e. The number of carbonyl (C=O) groups excluding carboxylic acids is 1. The van der Waals surface area contributed by atoms with Crippen molar-refractivity contribution < 1.29 is 13.9 Å². The number of hydrogen-bond donors (Lipinski definition) is 3. The van der Waals surface area contributed by atoms with E-state index >= 15 is 0 Å². The predicted octanol–water partition coefficient (Wildman–Crippen LogP) is 4.17. The van der Waals surface area contributed by atoms with E-state index in [1.165, 1.54) is 18.2 Å². The van der Waals surface area contributed by atoms with Gasteiger partial charge in [-0.15, -0.1) is 0 Å². The lowest BCUT2D eigenvalue weighted by molar-refractivity contribution is -0.122. The number of imidazole rings is 1. The van der Waals surface area contributed by atoms with E-state index in [-0.39, 0.29) is 23.9 Å². The van der Waals surface area contributed by atoms with Crippen LogP contribution in [-0.2, 0) is 9.53 Å². The van der Waals surface area contributed by atoms with Crippen molar-refractivity contribution in [2.75, 3.05) is 23.8 Å². The Hall–Kier alpha value is -2.98. The first kappa shape index (κ1) is 22.8. The number of ether oxygens (including phenoxy) is 1. The Balaban J connectivity index is 1.51. The van der Waals surface area contributed by atoms with Gasteiger partial charge in [-0.1, -0.05) is 11.6 Å². The topological polar surface area (TPSA) is 120 Å². The second-order valence-corrected chi connectivity index (χ2v) is 9.30. The van der Waals surface area contributed by atoms with Crippen molar-refractivity contribution in [2.24, 2.45) is 11.7 Å². The van der Waals surface area contributed by atoms with Crippen LogP contribution in [0.1, 0.15) is 44.6 Å². The van der Waals surface area contributed by atoms with E-state index in [0.29, 0.717) is 59.8 Å². The van der Waals surface area contributed by atoms with E-state index in [2.05, 4.69) is 15.6 Å². The highest BCUT2D eigenvalue weighted by Gasteiger charge is 2.29. The highest BCUT2D eigenvalue weighted by atomic mass is 35.5. The van der Waals surface area contributed by atoms with Gasteiger partial charge in [0.2, 0.25) is 17.8 Å². The van der Waals surface area contributed by atoms with E-state index in [1.807, 2.05) is 4.57 Å². The van der Waals surface area contributed by atoms with E-state index in [1.54, 1.807) is 6.20 Å². The number of halogens is 2. The summed E-state index contributed by atoms with van der Waals surface area (Å²) in [5.74, 6) is 0.244. The molecule has 0 radical (unpaired) electrons. The third kappa shape index (κ3) is 4.78. The summed E-state index contributed by atoms with van der Waals surface area (Å²) in [6.45, 7) is 1.42. The molecule has 1 aromatic carbocycles. The van der Waals surface area contributed by atoms with E-state index < -0.39 is 5.82 Å². The third-order valence-electron chi connectivity index (χ3n) is 6.63. The minimum Gasteiger partial charge on any atom is -0.381 e. The van der Waals surface area contributed by atoms with Crippen LogP contribution in [-0.4, -0.2) is 44.7 Å². The Kier molecular flexibility index (Phi) is 6.51. The lowest BCUT2D eigenvalue weighted by Crippen LogP contribution is -2.29. The SMILES string of the molecule is NC(=O)[C@H]1CC[C@H](n2c(Nc3cc(F)ccc3Cl)nc3cnc(NC4CCOCC4)nc32)CC1. The van der Waals surface area contributed by atoms with Crippen LogP contribution in [0.15, 0.2) is 24.4 Å². The molecule has 1 aliphatic carbocycles. The molecule has 4 N–H and O–H groups in total. The van der Waals surface area contributed by atoms with Crippen LogP contribution in [0.5, 0.6) is 0 Å². The van der Waals surface area contributed by atoms with Gasteiger partial charge in [0, 0.05) is 31.2 Å². The number of anilines is 3. The Bertz CT molecular complexity index is 1190. The summed E-state index contributed by atoms with van der Waals surface area (Å²) in [6, 6.07) is 4.43. The minimum atomic E-state index is -0.403. The van der Waals surface area contributed by atoms with Gasteiger partial charge in [0.15, 0.2) is 5.65 Å². The van der Waals surface area contributed by atoms with Gasteiger partial charge in [0.1, 0.15) is 11.3 Å². The van der Waals surface area contributed by atoms with Crippen molar-refractivity contribution in [3.63, 3.8) is 0 Å². The largest absolute Gasteiger partial charge is 0.381 e. The number of nitrogens with two attached hydrogens (primary N) is 1. The molecule has 1 amide bonds. The molecule has 180 valence electrons. The number of carbonyl (C=O) groups is 1. The molecular formula is C23H27ClFN7O2. The first-order valence-electron chi connectivity index (χ1n) is 11.6. The summed E-state index contributed by atoms with van der Waals surface area (Å²) in [4.78, 5) is 25.6. The Labute approximate surface area is 201 Å². The maximum absolute atomic E-state index is 13.9. The van der Waals surface area contributed by atoms with Gasteiger partial charge in [0.05, 0.1) is 16.9 Å². The Morgan fingerprint density at radius 2 is 1.91 bits per heavy atom. The summed E-state index contributed by atoms with van der Waals surface area (Å²) in [7, 11) is 0. The van der Waals surface area contributed by atoms with Crippen LogP contribution in [0.3, 0.4) is 0 Å². The van der Waals surface area contributed by atoms with Crippen molar-refractivity contribution in [3.05, 3.63) is 35.2 Å². The molecule has 3 heterocycles. The van der Waals surface area contributed by atoms with Crippen molar-refractivity contribution in [1.82, 2.24) is 19.5 Å². The summed E-state index contributed by atoms with van der Waals surface area (Å²) < 4.78 is 21.3. The van der Waals surface area contributed by atoms with Gasteiger partial charge in [-0.25, -0.2) is 14.4 Å². The number of rotatable bonds is 6. The van der Waals surface area contributed by atoms with E-state index in [4.69, 9.17) is 32.0 Å². The molecule has 0 bridgehead atoms. The average molecular weight is 488 g/mol. The molecule has 1 aliphatic heterocycles. The minimum absolute atomic E-state index is 0.0428. The summed E-state index contributed by atoms with van der Waals surface area (Å²) in [5.41, 5.74) is 7.23. The van der Waals surface area contributed by atoms with Crippen molar-refractivity contribution in [2.45, 2.75) is 50.6 Å². The van der Waals surface area contributed by atoms with Gasteiger partial charge in [-0.05, 0) is 56.7 Å². The molecule has 34 heavy (non-hydrogen) atoms. The number of primary amides is 1. The normalized spacial score (nSPS) is 21.5. The van der Waals surface area contributed by atoms with Gasteiger partial charge >= 0.3 is 0 Å². The van der Waals surface area contributed by atoms with Crippen molar-refractivity contribution in [1.29, 1.82) is 0 Å². The van der Waals surface area contributed by atoms with Crippen LogP contribution in [0.4, 0.5) is 22.0 Å². The molecule has 2 aromatic heterocycles. The summed E-state index contributed by atoms with van der Waals surface area (Å²) in [5, 5.41) is 6.97. The maximum atomic E-state index is 13.9. The fourth-order valence-electron chi connectivity index (χ4n) is 4.75. The molecule has 0 atom stereocenters. The van der Waals surface area contributed by atoms with Gasteiger partial charge in [0.25, 0.3) is 0 Å². The molecular weight excluding hydrogens is 461 g/mol. The zero-order valence-corrected chi connectivity index (χ0v) is 19.4. The average Bonchev–Trinajstić information content (AvgIpc) is 3.19. The molecule has 0 spiro atoms. The molecule has 1 saturated carbocycles. The third-order valence-corrected chi connectivity index (χ3v) is 6.96. The number of fused-ring (bicyclic) bond motifs is 1. The first-order chi connectivity index (χ1) is 16.5. The standard InChI is InChI=1S/C23H27ClFN7O2/c24-17-6-3-14(25)11-18(17)29-23-30-19-12-27-22(28-15-7-9-34-10-8-15)31-21(19)32(23)16-4-1-13(2-5-16)20(26)33/h3,6,11-13,15-16H,1-2,4-5,7-10H2,(H2,26,33)(H,29,30)(H,27,28,31)/t13-,16-. The summed E-state index contributed by atoms with van der Waals surface area (Å²) >= 11 is 6.30. The van der Waals surface area contributed by atoms with Crippen molar-refractivity contribution in [3.8, 4) is 0 Å². The smallest absolute Gasteiger partial charge is 0.224 e. The van der Waals surface area contributed by atoms with Crippen LogP contribution in [0.2, 0.25) is 5.02 Å². The zero-order chi connectivity index (χ0) is 23.7. The molecule has 9 nitrogen and oxygen atoms in total. The summed E-state index contributed by atoms with van der Waals surface area (Å²) in [6.07, 6.45) is 6.35. The van der Waals surface area contributed by atoms with Gasteiger partial charge in [-0.3, -0.25) is 9.36 Å². The monoisotopic (exact) mass is 487 g/mol.